The van der Waals surface area contributed by atoms with Gasteiger partial charge in [0.15, 0.2) is 5.84 Å². The molecule has 4 rings (SSSR count). The molecule has 0 saturated carbocycles. The highest BCUT2D eigenvalue weighted by Crippen LogP contribution is 2.39. The Kier molecular flexibility index (Phi) is 4.55. The third kappa shape index (κ3) is 3.68. The van der Waals surface area contributed by atoms with Gasteiger partial charge in [-0.1, -0.05) is 0 Å². The number of benzene rings is 1. The molecule has 0 bridgehead atoms. The molecule has 1 atom stereocenters. The van der Waals surface area contributed by atoms with E-state index in [0.29, 0.717) is 25.5 Å². The van der Waals surface area contributed by atoms with Gasteiger partial charge in [-0.05, 0) is 52.3 Å². The molecule has 1 aromatic rings. The van der Waals surface area contributed by atoms with E-state index in [1.807, 2.05) is 51.7 Å². The third-order valence-corrected chi connectivity index (χ3v) is 5.16. The van der Waals surface area contributed by atoms with Crippen LogP contribution < -0.4 is 20.4 Å². The highest BCUT2D eigenvalue weighted by molar-refractivity contribution is 6.09. The molecular weight excluding hydrogens is 374 g/mol. The number of ether oxygens (including phenoxy) is 2. The molecule has 3 heterocycles. The first-order valence-electron chi connectivity index (χ1n) is 9.80. The zero-order valence-corrected chi connectivity index (χ0v) is 17.4. The maximum Gasteiger partial charge on any atom is 0.410 e. The van der Waals surface area contributed by atoms with Crippen LogP contribution in [0, 0.1) is 6.92 Å². The van der Waals surface area contributed by atoms with E-state index >= 15 is 0 Å². The number of hydrogen-bond donors (Lipinski definition) is 2. The van der Waals surface area contributed by atoms with Crippen molar-refractivity contribution in [2.75, 3.05) is 29.9 Å². The Morgan fingerprint density at radius 3 is 2.76 bits per heavy atom. The standard InChI is InChI=1S/C20H27N5O4/c1-11-6-16-15(25-12(2)18(26)23-22-17(25)10-28-16)7-14(11)21-13-8-24(9-13)19(27)29-20(3,4)5/h6-7,12-13,21H,8-10H2,1-5H3,(H,23,26)/t12-/m0/s1. The minimum atomic E-state index is -0.499. The van der Waals surface area contributed by atoms with E-state index in [2.05, 4.69) is 15.8 Å². The molecular formula is C20H27N5O4. The molecule has 1 saturated heterocycles. The Morgan fingerprint density at radius 1 is 1.34 bits per heavy atom. The largest absolute Gasteiger partial charge is 0.483 e. The van der Waals surface area contributed by atoms with Gasteiger partial charge in [-0.2, -0.15) is 5.10 Å². The summed E-state index contributed by atoms with van der Waals surface area (Å²) in [5.41, 5.74) is 4.83. The van der Waals surface area contributed by atoms with Crippen LogP contribution in [0.15, 0.2) is 17.2 Å². The second-order valence-corrected chi connectivity index (χ2v) is 8.70. The summed E-state index contributed by atoms with van der Waals surface area (Å²) >= 11 is 0. The molecule has 0 aromatic heterocycles. The maximum absolute atomic E-state index is 12.1. The lowest BCUT2D eigenvalue weighted by molar-refractivity contribution is -0.122. The number of nitrogens with zero attached hydrogens (tertiary/aromatic N) is 3. The van der Waals surface area contributed by atoms with E-state index in [-0.39, 0.29) is 24.1 Å². The minimum absolute atomic E-state index is 0.138. The van der Waals surface area contributed by atoms with Crippen molar-refractivity contribution in [2.24, 2.45) is 5.10 Å². The molecule has 1 fully saturated rings. The van der Waals surface area contributed by atoms with Gasteiger partial charge in [-0.15, -0.1) is 0 Å². The van der Waals surface area contributed by atoms with Crippen molar-refractivity contribution in [2.45, 2.75) is 52.3 Å². The maximum atomic E-state index is 12.1. The summed E-state index contributed by atoms with van der Waals surface area (Å²) in [5, 5.41) is 7.61. The average Bonchev–Trinajstić information content (AvgIpc) is 2.59. The molecule has 0 radical (unpaired) electrons. The van der Waals surface area contributed by atoms with E-state index in [9.17, 15) is 9.59 Å². The van der Waals surface area contributed by atoms with Crippen molar-refractivity contribution in [1.29, 1.82) is 0 Å². The van der Waals surface area contributed by atoms with Gasteiger partial charge in [0.05, 0.1) is 11.7 Å². The van der Waals surface area contributed by atoms with Crippen LogP contribution in [0.25, 0.3) is 0 Å². The number of hydrazone groups is 1. The quantitative estimate of drug-likeness (QED) is 0.788. The summed E-state index contributed by atoms with van der Waals surface area (Å²) in [7, 11) is 0. The first-order valence-corrected chi connectivity index (χ1v) is 9.80. The van der Waals surface area contributed by atoms with Crippen LogP contribution in [0.3, 0.4) is 0 Å². The average molecular weight is 401 g/mol. The van der Waals surface area contributed by atoms with Crippen LogP contribution in [0.5, 0.6) is 5.75 Å². The van der Waals surface area contributed by atoms with Gasteiger partial charge >= 0.3 is 6.09 Å². The molecule has 2 N–H and O–H groups in total. The van der Waals surface area contributed by atoms with Crippen LogP contribution in [0.1, 0.15) is 33.3 Å². The Balaban J connectivity index is 1.48. The number of anilines is 2. The Hall–Kier alpha value is -2.97. The molecule has 0 unspecified atom stereocenters. The summed E-state index contributed by atoms with van der Waals surface area (Å²) in [4.78, 5) is 27.8. The molecule has 29 heavy (non-hydrogen) atoms. The first kappa shape index (κ1) is 19.4. The summed E-state index contributed by atoms with van der Waals surface area (Å²) in [6.07, 6.45) is -0.292. The van der Waals surface area contributed by atoms with E-state index < -0.39 is 5.60 Å². The minimum Gasteiger partial charge on any atom is -0.483 e. The summed E-state index contributed by atoms with van der Waals surface area (Å²) < 4.78 is 11.2. The molecule has 1 aromatic carbocycles. The van der Waals surface area contributed by atoms with Crippen LogP contribution in [-0.4, -0.2) is 60.1 Å². The lowest BCUT2D eigenvalue weighted by Crippen LogP contribution is -2.58. The van der Waals surface area contributed by atoms with Gasteiger partial charge in [0.25, 0.3) is 5.91 Å². The van der Waals surface area contributed by atoms with Crippen molar-refractivity contribution in [3.8, 4) is 5.75 Å². The molecule has 3 aliphatic heterocycles. The number of fused-ring (bicyclic) bond motifs is 3. The third-order valence-electron chi connectivity index (χ3n) is 5.16. The Morgan fingerprint density at radius 2 is 2.07 bits per heavy atom. The number of carbonyl (C=O) groups excluding carboxylic acids is 2. The smallest absolute Gasteiger partial charge is 0.410 e. The monoisotopic (exact) mass is 401 g/mol. The molecule has 2 amide bonds. The van der Waals surface area contributed by atoms with Crippen molar-refractivity contribution in [3.63, 3.8) is 0 Å². The van der Waals surface area contributed by atoms with Crippen molar-refractivity contribution >= 4 is 29.2 Å². The number of likely N-dealkylation sites (tertiary alicyclic amines) is 1. The fourth-order valence-electron chi connectivity index (χ4n) is 3.59. The van der Waals surface area contributed by atoms with E-state index in [4.69, 9.17) is 9.47 Å². The van der Waals surface area contributed by atoms with Crippen LogP contribution in [-0.2, 0) is 9.53 Å². The van der Waals surface area contributed by atoms with Gasteiger partial charge in [0.1, 0.15) is 24.0 Å². The predicted octanol–water partition coefficient (Wildman–Crippen LogP) is 2.06. The number of carbonyl (C=O) groups is 2. The van der Waals surface area contributed by atoms with Crippen molar-refractivity contribution < 1.29 is 19.1 Å². The first-order chi connectivity index (χ1) is 13.6. The van der Waals surface area contributed by atoms with Crippen molar-refractivity contribution in [3.05, 3.63) is 17.7 Å². The fourth-order valence-corrected chi connectivity index (χ4v) is 3.59. The molecule has 0 aliphatic carbocycles. The summed E-state index contributed by atoms with van der Waals surface area (Å²) in [6, 6.07) is 3.73. The number of nitrogens with one attached hydrogen (secondary N) is 2. The molecule has 0 spiro atoms. The zero-order chi connectivity index (χ0) is 20.9. The van der Waals surface area contributed by atoms with E-state index in [1.165, 1.54) is 0 Å². The van der Waals surface area contributed by atoms with Gasteiger partial charge in [0.2, 0.25) is 0 Å². The number of hydrogen-bond acceptors (Lipinski definition) is 7. The zero-order valence-electron chi connectivity index (χ0n) is 17.4. The molecule has 9 nitrogen and oxygen atoms in total. The van der Waals surface area contributed by atoms with Crippen LogP contribution >= 0.6 is 0 Å². The lowest BCUT2D eigenvalue weighted by atomic mass is 10.0. The van der Waals surface area contributed by atoms with E-state index in [1.54, 1.807) is 4.90 Å². The number of aryl methyl sites for hydroxylation is 1. The topological polar surface area (TPSA) is 95.5 Å². The van der Waals surface area contributed by atoms with Gasteiger partial charge in [-0.25, -0.2) is 10.2 Å². The van der Waals surface area contributed by atoms with Crippen molar-refractivity contribution in [1.82, 2.24) is 10.3 Å². The summed E-state index contributed by atoms with van der Waals surface area (Å²) in [5.74, 6) is 1.26. The Labute approximate surface area is 170 Å². The van der Waals surface area contributed by atoms with E-state index in [0.717, 1.165) is 22.7 Å². The Bertz CT molecular complexity index is 886. The van der Waals surface area contributed by atoms with Gasteiger partial charge < -0.3 is 24.6 Å². The van der Waals surface area contributed by atoms with Crippen LogP contribution in [0.2, 0.25) is 0 Å². The van der Waals surface area contributed by atoms with Gasteiger partial charge in [-0.3, -0.25) is 4.79 Å². The number of amides is 2. The number of amidine groups is 1. The second kappa shape index (κ2) is 6.82. The fraction of sp³-hybridized carbons (Fsp3) is 0.550. The summed E-state index contributed by atoms with van der Waals surface area (Å²) in [6.45, 7) is 10.9. The molecule has 156 valence electrons. The highest BCUT2D eigenvalue weighted by Gasteiger charge is 2.37. The molecule has 3 aliphatic rings. The van der Waals surface area contributed by atoms with Crippen LogP contribution in [0.4, 0.5) is 16.2 Å². The van der Waals surface area contributed by atoms with Gasteiger partial charge in [0, 0.05) is 18.8 Å². The SMILES string of the molecule is Cc1cc2c(cc1NC1CN(C(=O)OC(C)(C)C)C1)N1C(=NNC(=O)[C@@H]1C)CO2. The predicted molar refractivity (Wildman–Crippen MR) is 109 cm³/mol. The normalized spacial score (nSPS) is 21.2. The second-order valence-electron chi connectivity index (χ2n) is 8.70. The lowest BCUT2D eigenvalue weighted by Gasteiger charge is -2.41. The number of rotatable bonds is 2. The highest BCUT2D eigenvalue weighted by atomic mass is 16.6. The molecule has 9 heteroatoms.